The van der Waals surface area contributed by atoms with Crippen LogP contribution in [0.5, 0.6) is 0 Å². The number of aromatic nitrogens is 1. The summed E-state index contributed by atoms with van der Waals surface area (Å²) in [4.78, 5) is 16.0. The predicted molar refractivity (Wildman–Crippen MR) is 85.2 cm³/mol. The maximum absolute atomic E-state index is 13.0. The largest absolute Gasteiger partial charge is 0.359 e. The molecule has 0 aromatic carbocycles. The Kier molecular flexibility index (Phi) is 3.53. The van der Waals surface area contributed by atoms with Crippen molar-refractivity contribution in [1.29, 1.82) is 0 Å². The third-order valence-corrected chi connectivity index (χ3v) is 5.85. The van der Waals surface area contributed by atoms with Gasteiger partial charge in [-0.15, -0.1) is 11.3 Å². The number of fused-ring (bicyclic) bond motifs is 1. The van der Waals surface area contributed by atoms with Crippen molar-refractivity contribution in [2.75, 3.05) is 6.54 Å². The molecule has 5 heteroatoms. The van der Waals surface area contributed by atoms with Gasteiger partial charge in [-0.05, 0) is 62.0 Å². The number of rotatable bonds is 2. The quantitative estimate of drug-likeness (QED) is 0.844. The standard InChI is InChI=1S/C17H20N2O2S/c1-11-9-15(21-18-11)14-7-4-8-19(14)17(20)16-13-6-3-2-5-12(13)10-22-16/h9-10,14H,2-8H2,1H3. The van der Waals surface area contributed by atoms with E-state index in [1.807, 2.05) is 17.9 Å². The van der Waals surface area contributed by atoms with Crippen molar-refractivity contribution in [2.24, 2.45) is 0 Å². The Morgan fingerprint density at radius 1 is 1.36 bits per heavy atom. The lowest BCUT2D eigenvalue weighted by Crippen LogP contribution is -2.30. The molecule has 1 aliphatic heterocycles. The Balaban J connectivity index is 1.63. The van der Waals surface area contributed by atoms with Gasteiger partial charge in [-0.3, -0.25) is 4.79 Å². The van der Waals surface area contributed by atoms with Crippen LogP contribution in [0, 0.1) is 6.92 Å². The van der Waals surface area contributed by atoms with E-state index >= 15 is 0 Å². The van der Waals surface area contributed by atoms with Gasteiger partial charge >= 0.3 is 0 Å². The summed E-state index contributed by atoms with van der Waals surface area (Å²) in [5, 5.41) is 6.16. The zero-order valence-electron chi connectivity index (χ0n) is 12.8. The number of amides is 1. The summed E-state index contributed by atoms with van der Waals surface area (Å²) < 4.78 is 5.42. The second-order valence-corrected chi connectivity index (χ2v) is 7.18. The van der Waals surface area contributed by atoms with Gasteiger partial charge in [0.05, 0.1) is 16.6 Å². The lowest BCUT2D eigenvalue weighted by atomic mass is 9.93. The van der Waals surface area contributed by atoms with E-state index in [1.165, 1.54) is 24.0 Å². The normalized spacial score (nSPS) is 21.1. The van der Waals surface area contributed by atoms with E-state index < -0.39 is 0 Å². The number of nitrogens with zero attached hydrogens (tertiary/aromatic N) is 2. The molecule has 116 valence electrons. The van der Waals surface area contributed by atoms with Gasteiger partial charge in [-0.25, -0.2) is 0 Å². The fourth-order valence-electron chi connectivity index (χ4n) is 3.68. The van der Waals surface area contributed by atoms with Crippen molar-refractivity contribution in [3.63, 3.8) is 0 Å². The number of aryl methyl sites for hydroxylation is 2. The Labute approximate surface area is 134 Å². The Bertz CT molecular complexity index is 703. The molecule has 1 aliphatic carbocycles. The first-order valence-electron chi connectivity index (χ1n) is 8.07. The van der Waals surface area contributed by atoms with Crippen molar-refractivity contribution >= 4 is 17.2 Å². The molecule has 0 saturated carbocycles. The average molecular weight is 316 g/mol. The van der Waals surface area contributed by atoms with Crippen molar-refractivity contribution in [3.05, 3.63) is 38.9 Å². The molecule has 3 heterocycles. The van der Waals surface area contributed by atoms with Gasteiger partial charge in [0.2, 0.25) is 0 Å². The van der Waals surface area contributed by atoms with E-state index in [2.05, 4.69) is 10.5 Å². The summed E-state index contributed by atoms with van der Waals surface area (Å²) in [5.41, 5.74) is 3.58. The van der Waals surface area contributed by atoms with E-state index in [1.54, 1.807) is 11.3 Å². The van der Waals surface area contributed by atoms with Crippen LogP contribution < -0.4 is 0 Å². The molecule has 0 radical (unpaired) electrons. The minimum atomic E-state index is 0.0510. The average Bonchev–Trinajstić information content (AvgIpc) is 3.25. The highest BCUT2D eigenvalue weighted by atomic mass is 32.1. The molecule has 0 N–H and O–H groups in total. The van der Waals surface area contributed by atoms with Crippen LogP contribution >= 0.6 is 11.3 Å². The summed E-state index contributed by atoms with van der Waals surface area (Å²) in [6.45, 7) is 2.74. The first-order chi connectivity index (χ1) is 10.7. The van der Waals surface area contributed by atoms with Crippen LogP contribution in [0.1, 0.15) is 64.0 Å². The Morgan fingerprint density at radius 3 is 3.05 bits per heavy atom. The highest BCUT2D eigenvalue weighted by Gasteiger charge is 2.35. The molecule has 1 amide bonds. The van der Waals surface area contributed by atoms with Crippen LogP contribution in [-0.4, -0.2) is 22.5 Å². The van der Waals surface area contributed by atoms with Crippen LogP contribution in [0.4, 0.5) is 0 Å². The lowest BCUT2D eigenvalue weighted by molar-refractivity contribution is 0.0718. The van der Waals surface area contributed by atoms with Gasteiger partial charge in [-0.1, -0.05) is 5.16 Å². The second-order valence-electron chi connectivity index (χ2n) is 6.30. The fraction of sp³-hybridized carbons (Fsp3) is 0.529. The highest BCUT2D eigenvalue weighted by Crippen LogP contribution is 2.37. The number of carbonyl (C=O) groups excluding carboxylic acids is 1. The van der Waals surface area contributed by atoms with Gasteiger partial charge in [0.15, 0.2) is 5.76 Å². The molecule has 2 aromatic heterocycles. The van der Waals surface area contributed by atoms with E-state index in [9.17, 15) is 4.79 Å². The Morgan fingerprint density at radius 2 is 2.23 bits per heavy atom. The summed E-state index contributed by atoms with van der Waals surface area (Å²) in [5.74, 6) is 1.01. The molecule has 1 saturated heterocycles. The van der Waals surface area contributed by atoms with E-state index in [0.29, 0.717) is 0 Å². The topological polar surface area (TPSA) is 46.3 Å². The molecule has 2 aliphatic rings. The second kappa shape index (κ2) is 5.54. The molecule has 1 unspecified atom stereocenters. The summed E-state index contributed by atoms with van der Waals surface area (Å²) in [6, 6.07) is 2.01. The molecule has 4 rings (SSSR count). The van der Waals surface area contributed by atoms with Crippen LogP contribution in [0.2, 0.25) is 0 Å². The van der Waals surface area contributed by atoms with Crippen LogP contribution in [0.3, 0.4) is 0 Å². The summed E-state index contributed by atoms with van der Waals surface area (Å²) in [7, 11) is 0. The first kappa shape index (κ1) is 14.0. The third-order valence-electron chi connectivity index (χ3n) is 4.79. The lowest BCUT2D eigenvalue weighted by Gasteiger charge is -2.23. The van der Waals surface area contributed by atoms with Crippen molar-refractivity contribution in [2.45, 2.75) is 51.5 Å². The highest BCUT2D eigenvalue weighted by molar-refractivity contribution is 7.12. The summed E-state index contributed by atoms with van der Waals surface area (Å²) >= 11 is 1.63. The number of hydrogen-bond donors (Lipinski definition) is 0. The van der Waals surface area contributed by atoms with Gasteiger partial charge in [0.25, 0.3) is 5.91 Å². The van der Waals surface area contributed by atoms with E-state index in [4.69, 9.17) is 4.52 Å². The van der Waals surface area contributed by atoms with Gasteiger partial charge in [-0.2, -0.15) is 0 Å². The zero-order chi connectivity index (χ0) is 15.1. The number of carbonyl (C=O) groups is 1. The molecule has 0 bridgehead atoms. The van der Waals surface area contributed by atoms with Crippen LogP contribution in [0.15, 0.2) is 16.0 Å². The van der Waals surface area contributed by atoms with Crippen LogP contribution in [-0.2, 0) is 12.8 Å². The molecular formula is C17H20N2O2S. The van der Waals surface area contributed by atoms with E-state index in [-0.39, 0.29) is 11.9 Å². The summed E-state index contributed by atoms with van der Waals surface area (Å²) in [6.07, 6.45) is 6.64. The molecular weight excluding hydrogens is 296 g/mol. The smallest absolute Gasteiger partial charge is 0.264 e. The zero-order valence-corrected chi connectivity index (χ0v) is 13.6. The number of thiophene rings is 1. The SMILES string of the molecule is Cc1cc(C2CCCN2C(=O)c2scc3c2CCCC3)on1. The van der Waals surface area contributed by atoms with Crippen LogP contribution in [0.25, 0.3) is 0 Å². The van der Waals surface area contributed by atoms with Crippen molar-refractivity contribution in [1.82, 2.24) is 10.1 Å². The van der Waals surface area contributed by atoms with Crippen molar-refractivity contribution < 1.29 is 9.32 Å². The van der Waals surface area contributed by atoms with Gasteiger partial charge in [0, 0.05) is 12.6 Å². The maximum atomic E-state index is 13.0. The minimum Gasteiger partial charge on any atom is -0.359 e. The van der Waals surface area contributed by atoms with Gasteiger partial charge < -0.3 is 9.42 Å². The molecule has 2 aromatic rings. The molecule has 1 atom stereocenters. The molecule has 22 heavy (non-hydrogen) atoms. The third kappa shape index (κ3) is 2.28. The van der Waals surface area contributed by atoms with Crippen molar-refractivity contribution in [3.8, 4) is 0 Å². The molecule has 1 fully saturated rings. The Hall–Kier alpha value is -1.62. The number of likely N-dealkylation sites (tertiary alicyclic amines) is 1. The predicted octanol–water partition coefficient (Wildman–Crippen LogP) is 3.90. The minimum absolute atomic E-state index is 0.0510. The maximum Gasteiger partial charge on any atom is 0.264 e. The fourth-order valence-corrected chi connectivity index (χ4v) is 4.79. The van der Waals surface area contributed by atoms with Gasteiger partial charge in [0.1, 0.15) is 0 Å². The molecule has 0 spiro atoms. The van der Waals surface area contributed by atoms with E-state index in [0.717, 1.165) is 48.6 Å². The monoisotopic (exact) mass is 316 g/mol. The number of hydrogen-bond acceptors (Lipinski definition) is 4. The molecule has 4 nitrogen and oxygen atoms in total. The first-order valence-corrected chi connectivity index (χ1v) is 8.95.